The minimum absolute atomic E-state index is 0.933. The number of rotatable bonds is 0. The molecular formula is C40H20N2O. The van der Waals surface area contributed by atoms with Crippen molar-refractivity contribution in [2.24, 2.45) is 0 Å². The standard InChI is InChI=1S/C40H20N2O/c1-2-9-22-21(8-1)18-30-29-19-28-26-13-7-12-25-23-10-3-5-14-31(23)41(38(25)26)33(28)20-34(29)42-32-17-16-27-24-11-4-6-15-35(24)43-40(27)37(32)36(22)39(30)42/h1-20H. The maximum Gasteiger partial charge on any atom is 0.145 e. The first kappa shape index (κ1) is 21.0. The molecule has 0 N–H and O–H groups in total. The monoisotopic (exact) mass is 544 g/mol. The zero-order chi connectivity index (χ0) is 27.6. The number of aromatic nitrogens is 2. The highest BCUT2D eigenvalue weighted by Crippen LogP contribution is 2.48. The van der Waals surface area contributed by atoms with Gasteiger partial charge in [0, 0.05) is 48.5 Å². The zero-order valence-corrected chi connectivity index (χ0v) is 22.8. The average molecular weight is 545 g/mol. The second-order valence-electron chi connectivity index (χ2n) is 12.1. The van der Waals surface area contributed by atoms with E-state index in [1.807, 2.05) is 0 Å². The van der Waals surface area contributed by atoms with E-state index in [-0.39, 0.29) is 0 Å². The molecule has 0 radical (unpaired) electrons. The molecule has 0 aliphatic rings. The molecule has 3 nitrogen and oxygen atoms in total. The Morgan fingerprint density at radius 1 is 0.372 bits per heavy atom. The maximum absolute atomic E-state index is 6.66. The molecular weight excluding hydrogens is 524 g/mol. The van der Waals surface area contributed by atoms with Crippen LogP contribution >= 0.6 is 0 Å². The van der Waals surface area contributed by atoms with Crippen LogP contribution in [0.25, 0.3) is 109 Å². The predicted molar refractivity (Wildman–Crippen MR) is 181 cm³/mol. The Balaban J connectivity index is 1.39. The van der Waals surface area contributed by atoms with Gasteiger partial charge in [0.25, 0.3) is 0 Å². The van der Waals surface area contributed by atoms with Crippen LogP contribution in [-0.2, 0) is 0 Å². The number of hydrogen-bond acceptors (Lipinski definition) is 1. The molecule has 0 amide bonds. The SMILES string of the molecule is c1ccc2c(c1)cc1c3cc4c5cccc6c7ccccc7n(c4cc3n3c4ccc7c8ccccc8oc7c4c2c13)c65. The number of furan rings is 1. The molecule has 0 unspecified atom stereocenters. The molecule has 12 rings (SSSR count). The first-order valence-electron chi connectivity index (χ1n) is 14.9. The topological polar surface area (TPSA) is 22.0 Å². The van der Waals surface area contributed by atoms with E-state index in [0.29, 0.717) is 0 Å². The highest BCUT2D eigenvalue weighted by molar-refractivity contribution is 6.37. The number of nitrogens with zero attached hydrogens (tertiary/aromatic N) is 2. The van der Waals surface area contributed by atoms with Gasteiger partial charge in [0.1, 0.15) is 11.2 Å². The molecule has 5 heterocycles. The van der Waals surface area contributed by atoms with Gasteiger partial charge in [-0.25, -0.2) is 0 Å². The van der Waals surface area contributed by atoms with Crippen molar-refractivity contribution in [2.45, 2.75) is 0 Å². The van der Waals surface area contributed by atoms with Gasteiger partial charge in [0.15, 0.2) is 0 Å². The lowest BCUT2D eigenvalue weighted by Gasteiger charge is -2.04. The van der Waals surface area contributed by atoms with Gasteiger partial charge < -0.3 is 13.2 Å². The zero-order valence-electron chi connectivity index (χ0n) is 22.8. The van der Waals surface area contributed by atoms with Gasteiger partial charge in [-0.2, -0.15) is 0 Å². The van der Waals surface area contributed by atoms with Crippen molar-refractivity contribution in [3.8, 4) is 0 Å². The third-order valence-corrected chi connectivity index (χ3v) is 10.1. The maximum atomic E-state index is 6.66. The fourth-order valence-electron chi connectivity index (χ4n) is 8.47. The van der Waals surface area contributed by atoms with Gasteiger partial charge in [0.2, 0.25) is 0 Å². The molecule has 0 aliphatic heterocycles. The smallest absolute Gasteiger partial charge is 0.145 e. The predicted octanol–water partition coefficient (Wildman–Crippen LogP) is 11.0. The van der Waals surface area contributed by atoms with Crippen LogP contribution < -0.4 is 0 Å². The molecule has 12 aromatic rings. The summed E-state index contributed by atoms with van der Waals surface area (Å²) < 4.78 is 11.6. The van der Waals surface area contributed by atoms with E-state index in [9.17, 15) is 0 Å². The fraction of sp³-hybridized carbons (Fsp3) is 0. The highest BCUT2D eigenvalue weighted by atomic mass is 16.3. The molecule has 3 heteroatoms. The van der Waals surface area contributed by atoms with Gasteiger partial charge >= 0.3 is 0 Å². The van der Waals surface area contributed by atoms with Crippen LogP contribution in [0.5, 0.6) is 0 Å². The van der Waals surface area contributed by atoms with Gasteiger partial charge in [0.05, 0.1) is 38.5 Å². The van der Waals surface area contributed by atoms with Crippen molar-refractivity contribution in [2.75, 3.05) is 0 Å². The van der Waals surface area contributed by atoms with Crippen molar-refractivity contribution in [1.29, 1.82) is 0 Å². The largest absolute Gasteiger partial charge is 0.455 e. The summed E-state index contributed by atoms with van der Waals surface area (Å²) in [6, 6.07) is 44.6. The van der Waals surface area contributed by atoms with Gasteiger partial charge in [-0.15, -0.1) is 0 Å². The van der Waals surface area contributed by atoms with Crippen LogP contribution in [0.4, 0.5) is 0 Å². The van der Waals surface area contributed by atoms with Gasteiger partial charge in [-0.05, 0) is 53.2 Å². The molecule has 0 spiro atoms. The minimum atomic E-state index is 0.933. The molecule has 7 aromatic carbocycles. The Kier molecular flexibility index (Phi) is 3.32. The number of fused-ring (bicyclic) bond motifs is 18. The second-order valence-corrected chi connectivity index (χ2v) is 12.1. The minimum Gasteiger partial charge on any atom is -0.455 e. The summed E-state index contributed by atoms with van der Waals surface area (Å²) in [4.78, 5) is 0. The second kappa shape index (κ2) is 6.80. The fourth-order valence-corrected chi connectivity index (χ4v) is 8.47. The van der Waals surface area contributed by atoms with Crippen LogP contribution in [0, 0.1) is 0 Å². The van der Waals surface area contributed by atoms with Crippen molar-refractivity contribution in [3.05, 3.63) is 121 Å². The van der Waals surface area contributed by atoms with E-state index in [1.165, 1.54) is 92.3 Å². The van der Waals surface area contributed by atoms with Crippen LogP contribution in [0.3, 0.4) is 0 Å². The molecule has 0 atom stereocenters. The summed E-state index contributed by atoms with van der Waals surface area (Å²) in [5, 5.41) is 15.2. The summed E-state index contributed by atoms with van der Waals surface area (Å²) in [6.45, 7) is 0. The summed E-state index contributed by atoms with van der Waals surface area (Å²) in [6.07, 6.45) is 0. The van der Waals surface area contributed by atoms with Crippen molar-refractivity contribution in [3.63, 3.8) is 0 Å². The molecule has 196 valence electrons. The molecule has 0 bridgehead atoms. The Bertz CT molecular complexity index is 3170. The van der Waals surface area contributed by atoms with Gasteiger partial charge in [-0.1, -0.05) is 78.9 Å². The third-order valence-electron chi connectivity index (χ3n) is 10.1. The van der Waals surface area contributed by atoms with Crippen LogP contribution in [-0.4, -0.2) is 8.80 Å². The van der Waals surface area contributed by atoms with Gasteiger partial charge in [-0.3, -0.25) is 0 Å². The lowest BCUT2D eigenvalue weighted by Crippen LogP contribution is -1.84. The van der Waals surface area contributed by atoms with E-state index in [2.05, 4.69) is 130 Å². The third kappa shape index (κ3) is 2.22. The Labute approximate surface area is 243 Å². The molecule has 43 heavy (non-hydrogen) atoms. The lowest BCUT2D eigenvalue weighted by molar-refractivity contribution is 0.673. The normalized spacial score (nSPS) is 13.1. The first-order chi connectivity index (χ1) is 21.3. The van der Waals surface area contributed by atoms with Crippen molar-refractivity contribution in [1.82, 2.24) is 8.80 Å². The summed E-state index contributed by atoms with van der Waals surface area (Å²) in [7, 11) is 0. The Hall–Kier alpha value is -5.80. The van der Waals surface area contributed by atoms with Crippen LogP contribution in [0.1, 0.15) is 0 Å². The molecule has 0 aliphatic carbocycles. The Morgan fingerprint density at radius 3 is 1.98 bits per heavy atom. The molecule has 0 saturated carbocycles. The molecule has 0 saturated heterocycles. The highest BCUT2D eigenvalue weighted by Gasteiger charge is 2.25. The number of para-hydroxylation sites is 3. The average Bonchev–Trinajstić information content (AvgIpc) is 3.84. The van der Waals surface area contributed by atoms with E-state index >= 15 is 0 Å². The molecule has 0 fully saturated rings. The van der Waals surface area contributed by atoms with Crippen molar-refractivity contribution >= 4 is 109 Å². The lowest BCUT2D eigenvalue weighted by atomic mass is 9.98. The summed E-state index contributed by atoms with van der Waals surface area (Å²) >= 11 is 0. The number of hydrogen-bond donors (Lipinski definition) is 0. The van der Waals surface area contributed by atoms with E-state index in [0.717, 1.165) is 16.6 Å². The summed E-state index contributed by atoms with van der Waals surface area (Å²) in [5.41, 5.74) is 9.43. The molecule has 5 aromatic heterocycles. The van der Waals surface area contributed by atoms with Crippen molar-refractivity contribution < 1.29 is 4.42 Å². The Morgan fingerprint density at radius 2 is 1.07 bits per heavy atom. The van der Waals surface area contributed by atoms with E-state index < -0.39 is 0 Å². The quantitative estimate of drug-likeness (QED) is 0.186. The number of benzene rings is 7. The van der Waals surface area contributed by atoms with E-state index in [1.54, 1.807) is 0 Å². The van der Waals surface area contributed by atoms with Crippen LogP contribution in [0.2, 0.25) is 0 Å². The van der Waals surface area contributed by atoms with Crippen LogP contribution in [0.15, 0.2) is 126 Å². The van der Waals surface area contributed by atoms with E-state index in [4.69, 9.17) is 4.42 Å². The summed E-state index contributed by atoms with van der Waals surface area (Å²) in [5.74, 6) is 0. The first-order valence-corrected chi connectivity index (χ1v) is 14.9.